The van der Waals surface area contributed by atoms with Crippen LogP contribution in [0.1, 0.15) is 55.7 Å². The summed E-state index contributed by atoms with van der Waals surface area (Å²) in [4.78, 5) is 16.9. The van der Waals surface area contributed by atoms with Gasteiger partial charge < -0.3 is 14.4 Å². The van der Waals surface area contributed by atoms with E-state index in [-0.39, 0.29) is 11.9 Å². The summed E-state index contributed by atoms with van der Waals surface area (Å²) in [5, 5.41) is 0.598. The number of carbonyl (C=O) groups is 1. The van der Waals surface area contributed by atoms with Crippen LogP contribution in [-0.2, 0) is 11.4 Å². The molecule has 2 fully saturated rings. The zero-order valence-corrected chi connectivity index (χ0v) is 20.5. The summed E-state index contributed by atoms with van der Waals surface area (Å²) in [6.45, 7) is 5.01. The number of aryl methyl sites for hydroxylation is 1. The summed E-state index contributed by atoms with van der Waals surface area (Å²) in [5.41, 5.74) is 3.80. The summed E-state index contributed by atoms with van der Waals surface area (Å²) in [6, 6.07) is 14.3. The maximum atomic E-state index is 13.3. The highest BCUT2D eigenvalue weighted by Crippen LogP contribution is 2.33. The molecular weight excluding hydrogens is 432 g/mol. The highest BCUT2D eigenvalue weighted by molar-refractivity contribution is 7.80. The Morgan fingerprint density at radius 2 is 1.76 bits per heavy atom. The van der Waals surface area contributed by atoms with Gasteiger partial charge in [-0.1, -0.05) is 55.2 Å². The molecule has 0 aromatic heterocycles. The molecule has 1 heterocycles. The van der Waals surface area contributed by atoms with Crippen LogP contribution in [0.5, 0.6) is 11.5 Å². The van der Waals surface area contributed by atoms with Gasteiger partial charge in [0.15, 0.2) is 16.6 Å². The number of thiocarbonyl (C=S) groups is 1. The SMILES string of the molecule is CCOc1cc(/C=C2/C(=O)N(C3CCCCC3)C(=S)N2C)ccc1OCc1ccc(C)cc1. The Morgan fingerprint density at radius 1 is 1.03 bits per heavy atom. The molecule has 33 heavy (non-hydrogen) atoms. The second kappa shape index (κ2) is 10.4. The van der Waals surface area contributed by atoms with E-state index in [0.29, 0.717) is 35.5 Å². The van der Waals surface area contributed by atoms with Gasteiger partial charge in [-0.3, -0.25) is 9.69 Å². The Bertz CT molecular complexity index is 1040. The van der Waals surface area contributed by atoms with Gasteiger partial charge in [0.1, 0.15) is 12.3 Å². The van der Waals surface area contributed by atoms with Crippen molar-refractivity contribution in [2.24, 2.45) is 0 Å². The molecule has 0 N–H and O–H groups in total. The fourth-order valence-corrected chi connectivity index (χ4v) is 4.77. The maximum Gasteiger partial charge on any atom is 0.277 e. The Hall–Kier alpha value is -2.86. The topological polar surface area (TPSA) is 42.0 Å². The van der Waals surface area contributed by atoms with Gasteiger partial charge in [0.2, 0.25) is 0 Å². The first-order valence-corrected chi connectivity index (χ1v) is 12.2. The van der Waals surface area contributed by atoms with Gasteiger partial charge in [0.05, 0.1) is 6.61 Å². The third-order valence-corrected chi connectivity index (χ3v) is 6.79. The molecule has 1 aliphatic heterocycles. The van der Waals surface area contributed by atoms with Crippen LogP contribution in [0.15, 0.2) is 48.2 Å². The molecule has 2 aromatic carbocycles. The van der Waals surface area contributed by atoms with Crippen LogP contribution in [-0.4, -0.2) is 40.5 Å². The predicted molar refractivity (Wildman–Crippen MR) is 135 cm³/mol. The highest BCUT2D eigenvalue weighted by Gasteiger charge is 2.40. The van der Waals surface area contributed by atoms with Crippen molar-refractivity contribution < 1.29 is 14.3 Å². The fraction of sp³-hybridized carbons (Fsp3) is 0.407. The van der Waals surface area contributed by atoms with Gasteiger partial charge in [-0.25, -0.2) is 0 Å². The van der Waals surface area contributed by atoms with Crippen LogP contribution in [0.4, 0.5) is 0 Å². The summed E-state index contributed by atoms with van der Waals surface area (Å²) >= 11 is 5.64. The fourth-order valence-electron chi connectivity index (χ4n) is 4.44. The van der Waals surface area contributed by atoms with E-state index >= 15 is 0 Å². The Labute approximate surface area is 202 Å². The Morgan fingerprint density at radius 3 is 2.45 bits per heavy atom. The van der Waals surface area contributed by atoms with Crippen LogP contribution in [0.25, 0.3) is 6.08 Å². The van der Waals surface area contributed by atoms with Crippen molar-refractivity contribution in [1.82, 2.24) is 9.80 Å². The molecule has 0 bridgehead atoms. The van der Waals surface area contributed by atoms with E-state index in [1.54, 1.807) is 0 Å². The smallest absolute Gasteiger partial charge is 0.277 e. The minimum Gasteiger partial charge on any atom is -0.490 e. The number of nitrogens with zero attached hydrogens (tertiary/aromatic N) is 2. The van der Waals surface area contributed by atoms with Gasteiger partial charge in [0, 0.05) is 13.1 Å². The number of hydrogen-bond acceptors (Lipinski definition) is 4. The van der Waals surface area contributed by atoms with Crippen LogP contribution in [0.3, 0.4) is 0 Å². The van der Waals surface area contributed by atoms with Crippen LogP contribution in [0, 0.1) is 6.92 Å². The normalized spacial score (nSPS) is 18.3. The molecule has 0 unspecified atom stereocenters. The first-order chi connectivity index (χ1) is 16.0. The monoisotopic (exact) mass is 464 g/mol. The second-order valence-corrected chi connectivity index (χ2v) is 9.12. The molecular formula is C27H32N2O3S. The molecule has 2 aliphatic rings. The molecule has 1 amide bonds. The van der Waals surface area contributed by atoms with E-state index in [0.717, 1.165) is 36.8 Å². The average Bonchev–Trinajstić information content (AvgIpc) is 3.03. The maximum absolute atomic E-state index is 13.3. The number of ether oxygens (including phenoxy) is 2. The zero-order valence-electron chi connectivity index (χ0n) is 19.7. The lowest BCUT2D eigenvalue weighted by Gasteiger charge is -2.30. The number of rotatable bonds is 7. The summed E-state index contributed by atoms with van der Waals surface area (Å²) < 4.78 is 11.9. The molecule has 1 aliphatic carbocycles. The van der Waals surface area contributed by atoms with E-state index in [4.69, 9.17) is 21.7 Å². The van der Waals surface area contributed by atoms with Crippen LogP contribution >= 0.6 is 12.2 Å². The number of benzene rings is 2. The van der Waals surface area contributed by atoms with Crippen molar-refractivity contribution >= 4 is 29.3 Å². The molecule has 4 rings (SSSR count). The van der Waals surface area contributed by atoms with Gasteiger partial charge in [-0.2, -0.15) is 0 Å². The minimum atomic E-state index is -0.00735. The standard InChI is InChI=1S/C27H32N2O3S/c1-4-31-25-17-21(14-15-24(25)32-18-20-12-10-19(2)11-13-20)16-23-26(30)29(27(33)28(23)3)22-8-6-5-7-9-22/h10-17,22H,4-9,18H2,1-3H3/b23-16-. The lowest BCUT2D eigenvalue weighted by molar-refractivity contribution is -0.124. The Balaban J connectivity index is 1.54. The summed E-state index contributed by atoms with van der Waals surface area (Å²) in [7, 11) is 1.87. The van der Waals surface area contributed by atoms with Crippen molar-refractivity contribution in [1.29, 1.82) is 0 Å². The van der Waals surface area contributed by atoms with E-state index in [1.165, 1.54) is 12.0 Å². The van der Waals surface area contributed by atoms with Crippen LogP contribution in [0.2, 0.25) is 0 Å². The van der Waals surface area contributed by atoms with E-state index in [1.807, 2.05) is 48.0 Å². The van der Waals surface area contributed by atoms with E-state index in [9.17, 15) is 4.79 Å². The third-order valence-electron chi connectivity index (χ3n) is 6.32. The highest BCUT2D eigenvalue weighted by atomic mass is 32.1. The van der Waals surface area contributed by atoms with Gasteiger partial charge >= 0.3 is 0 Å². The van der Waals surface area contributed by atoms with Crippen molar-refractivity contribution in [3.8, 4) is 11.5 Å². The molecule has 0 radical (unpaired) electrons. The first-order valence-electron chi connectivity index (χ1n) is 11.8. The third kappa shape index (κ3) is 5.22. The number of likely N-dealkylation sites (N-methyl/N-ethyl adjacent to an activating group) is 1. The molecule has 1 saturated heterocycles. The number of hydrogen-bond donors (Lipinski definition) is 0. The van der Waals surface area contributed by atoms with Crippen molar-refractivity contribution in [3.63, 3.8) is 0 Å². The average molecular weight is 465 g/mol. The molecule has 0 spiro atoms. The quantitative estimate of drug-likeness (QED) is 0.388. The van der Waals surface area contributed by atoms with Crippen molar-refractivity contribution in [2.45, 2.75) is 58.6 Å². The lowest BCUT2D eigenvalue weighted by atomic mass is 9.94. The zero-order chi connectivity index (χ0) is 23.4. The molecule has 2 aromatic rings. The molecule has 174 valence electrons. The number of carbonyl (C=O) groups excluding carboxylic acids is 1. The van der Waals surface area contributed by atoms with E-state index < -0.39 is 0 Å². The largest absolute Gasteiger partial charge is 0.490 e. The van der Waals surface area contributed by atoms with Crippen molar-refractivity contribution in [2.75, 3.05) is 13.7 Å². The van der Waals surface area contributed by atoms with E-state index in [2.05, 4.69) is 31.2 Å². The van der Waals surface area contributed by atoms with Gasteiger partial charge in [-0.05, 0) is 68.2 Å². The molecule has 6 heteroatoms. The number of amides is 1. The predicted octanol–water partition coefficient (Wildman–Crippen LogP) is 5.71. The van der Waals surface area contributed by atoms with Crippen LogP contribution < -0.4 is 9.47 Å². The first kappa shape index (κ1) is 23.3. The second-order valence-electron chi connectivity index (χ2n) is 8.75. The summed E-state index contributed by atoms with van der Waals surface area (Å²) in [5.74, 6) is 1.34. The minimum absolute atomic E-state index is 0.00735. The molecule has 0 atom stereocenters. The van der Waals surface area contributed by atoms with Gasteiger partial charge in [0.25, 0.3) is 5.91 Å². The molecule has 1 saturated carbocycles. The van der Waals surface area contributed by atoms with Crippen molar-refractivity contribution in [3.05, 3.63) is 64.9 Å². The Kier molecular flexibility index (Phi) is 7.33. The molecule has 5 nitrogen and oxygen atoms in total. The van der Waals surface area contributed by atoms with Gasteiger partial charge in [-0.15, -0.1) is 0 Å². The summed E-state index contributed by atoms with van der Waals surface area (Å²) in [6.07, 6.45) is 7.48. The lowest BCUT2D eigenvalue weighted by Crippen LogP contribution is -2.41.